The third kappa shape index (κ3) is 3.97. The van der Waals surface area contributed by atoms with E-state index in [0.29, 0.717) is 5.56 Å². The standard InChI is InChI=1S/C16H11N3O5.K/c20-15-14(16(21)22)18-13(9-4-2-1-3-5-9)11-8-10(19(23)24)6-7-12(11)17-15;/h1-8,21-22H,(H,17,20);/q;+1/p-1. The van der Waals surface area contributed by atoms with Crippen LogP contribution in [0.5, 0.6) is 0 Å². The van der Waals surface area contributed by atoms with Gasteiger partial charge in [-0.15, -0.1) is 0 Å². The molecule has 0 bridgehead atoms. The van der Waals surface area contributed by atoms with Gasteiger partial charge in [0.25, 0.3) is 11.6 Å². The quantitative estimate of drug-likeness (QED) is 0.220. The normalized spacial score (nSPS) is 15.0. The molecule has 1 aliphatic heterocycles. The Bertz CT molecular complexity index is 905. The number of rotatable bonds is 2. The summed E-state index contributed by atoms with van der Waals surface area (Å²) in [5.74, 6) is -2.37. The third-order valence-electron chi connectivity index (χ3n) is 3.41. The molecule has 2 aromatic rings. The Balaban J connectivity index is 0.00000225. The van der Waals surface area contributed by atoms with Crippen LogP contribution in [0.25, 0.3) is 0 Å². The predicted molar refractivity (Wildman–Crippen MR) is 83.5 cm³/mol. The molecule has 0 fully saturated rings. The van der Waals surface area contributed by atoms with Crippen LogP contribution in [-0.4, -0.2) is 21.6 Å². The fraction of sp³-hybridized carbons (Fsp3) is 0. The van der Waals surface area contributed by atoms with E-state index in [4.69, 9.17) is 0 Å². The van der Waals surface area contributed by atoms with Gasteiger partial charge in [0.1, 0.15) is 0 Å². The summed E-state index contributed by atoms with van der Waals surface area (Å²) in [4.78, 5) is 26.5. The number of non-ortho nitro benzene ring substituents is 1. The van der Waals surface area contributed by atoms with Crippen LogP contribution in [-0.2, 0) is 4.79 Å². The van der Waals surface area contributed by atoms with Crippen molar-refractivity contribution in [3.05, 3.63) is 81.4 Å². The number of carbonyl (C=O) groups excluding carboxylic acids is 1. The van der Waals surface area contributed by atoms with Crippen molar-refractivity contribution in [1.82, 2.24) is 0 Å². The Morgan fingerprint density at radius 2 is 1.84 bits per heavy atom. The van der Waals surface area contributed by atoms with Crippen molar-refractivity contribution in [3.63, 3.8) is 0 Å². The fourth-order valence-corrected chi connectivity index (χ4v) is 2.32. The van der Waals surface area contributed by atoms with Gasteiger partial charge in [0.2, 0.25) is 0 Å². The first kappa shape index (κ1) is 19.3. The molecule has 0 radical (unpaired) electrons. The molecule has 3 rings (SSSR count). The summed E-state index contributed by atoms with van der Waals surface area (Å²) in [6.45, 7) is 0. The second-order valence-electron chi connectivity index (χ2n) is 4.92. The molecule has 0 saturated carbocycles. The molecule has 1 amide bonds. The van der Waals surface area contributed by atoms with Gasteiger partial charge in [-0.2, -0.15) is 0 Å². The van der Waals surface area contributed by atoms with E-state index in [2.05, 4.69) is 10.3 Å². The van der Waals surface area contributed by atoms with E-state index in [9.17, 15) is 25.1 Å². The number of hydrogen-bond acceptors (Lipinski definition) is 6. The fourth-order valence-electron chi connectivity index (χ4n) is 2.32. The first-order valence-corrected chi connectivity index (χ1v) is 6.82. The number of nitrogens with zero attached hydrogens (tertiary/aromatic N) is 2. The molecular formula is C16H10KN3O5. The van der Waals surface area contributed by atoms with Gasteiger partial charge >= 0.3 is 51.4 Å². The summed E-state index contributed by atoms with van der Waals surface area (Å²) in [6, 6.07) is 12.4. The van der Waals surface area contributed by atoms with Crippen LogP contribution in [0.15, 0.2) is 65.2 Å². The molecule has 9 heteroatoms. The van der Waals surface area contributed by atoms with Crippen LogP contribution in [0, 0.1) is 10.1 Å². The van der Waals surface area contributed by atoms with Crippen molar-refractivity contribution in [3.8, 4) is 0 Å². The Kier molecular flexibility index (Phi) is 6.09. The minimum atomic E-state index is -1.48. The number of benzodiazepines with no additional fused rings is 1. The topological polar surface area (TPSA) is 128 Å². The van der Waals surface area contributed by atoms with Crippen LogP contribution in [0.4, 0.5) is 11.4 Å². The van der Waals surface area contributed by atoms with Crippen LogP contribution >= 0.6 is 0 Å². The number of anilines is 1. The van der Waals surface area contributed by atoms with Gasteiger partial charge in [0.05, 0.1) is 22.3 Å². The predicted octanol–water partition coefficient (Wildman–Crippen LogP) is -1.52. The van der Waals surface area contributed by atoms with Crippen molar-refractivity contribution in [2.45, 2.75) is 0 Å². The minimum absolute atomic E-state index is 0. The molecule has 0 saturated heterocycles. The Morgan fingerprint density at radius 1 is 1.16 bits per heavy atom. The number of hydrogen-bond donors (Lipinski definition) is 2. The van der Waals surface area contributed by atoms with Gasteiger partial charge < -0.3 is 15.5 Å². The summed E-state index contributed by atoms with van der Waals surface area (Å²) in [6.07, 6.45) is 0. The van der Waals surface area contributed by atoms with E-state index in [1.54, 1.807) is 30.3 Å². The molecule has 2 aromatic carbocycles. The summed E-state index contributed by atoms with van der Waals surface area (Å²) in [5, 5.41) is 34.0. The molecule has 8 nitrogen and oxygen atoms in total. The van der Waals surface area contributed by atoms with Gasteiger partial charge in [-0.05, 0) is 6.07 Å². The zero-order chi connectivity index (χ0) is 17.3. The molecule has 0 atom stereocenters. The van der Waals surface area contributed by atoms with Gasteiger partial charge in [-0.25, -0.2) is 4.99 Å². The average Bonchev–Trinajstić information content (AvgIpc) is 2.71. The Morgan fingerprint density at radius 3 is 2.44 bits per heavy atom. The number of nitrogens with one attached hydrogen (secondary N) is 1. The summed E-state index contributed by atoms with van der Waals surface area (Å²) >= 11 is 0. The maximum atomic E-state index is 12.0. The molecule has 0 aromatic heterocycles. The molecule has 1 heterocycles. The summed E-state index contributed by atoms with van der Waals surface area (Å²) in [5.41, 5.74) is 0.363. The maximum absolute atomic E-state index is 12.0. The molecule has 0 unspecified atom stereocenters. The third-order valence-corrected chi connectivity index (χ3v) is 3.41. The minimum Gasteiger partial charge on any atom is -0.628 e. The molecule has 2 N–H and O–H groups in total. The SMILES string of the molecule is O=C1Nc2ccc([N+](=O)[O-])cc2C(c2ccccc2)=N/C1=C(\[O-])O.[K+]. The second kappa shape index (κ2) is 7.89. The molecule has 0 aliphatic carbocycles. The van der Waals surface area contributed by atoms with Crippen molar-refractivity contribution >= 4 is 23.0 Å². The molecular weight excluding hydrogens is 353 g/mol. The van der Waals surface area contributed by atoms with E-state index in [0.717, 1.165) is 0 Å². The average molecular weight is 363 g/mol. The van der Waals surface area contributed by atoms with E-state index < -0.39 is 22.5 Å². The zero-order valence-corrected chi connectivity index (χ0v) is 16.2. The molecule has 0 spiro atoms. The van der Waals surface area contributed by atoms with Crippen LogP contribution in [0.2, 0.25) is 0 Å². The van der Waals surface area contributed by atoms with E-state index in [1.165, 1.54) is 18.2 Å². The van der Waals surface area contributed by atoms with Gasteiger partial charge in [-0.1, -0.05) is 30.3 Å². The number of amides is 1. The first-order valence-electron chi connectivity index (χ1n) is 6.82. The zero-order valence-electron chi connectivity index (χ0n) is 13.1. The van der Waals surface area contributed by atoms with Crippen molar-refractivity contribution in [1.29, 1.82) is 0 Å². The number of carbonyl (C=O) groups is 1. The molecule has 1 aliphatic rings. The first-order chi connectivity index (χ1) is 11.5. The number of aliphatic hydroxyl groups excluding tert-OH is 1. The monoisotopic (exact) mass is 363 g/mol. The number of aliphatic hydroxyl groups is 1. The Labute approximate surface area is 184 Å². The molecule has 120 valence electrons. The van der Waals surface area contributed by atoms with E-state index in [1.807, 2.05) is 0 Å². The van der Waals surface area contributed by atoms with Gasteiger partial charge in [0, 0.05) is 23.3 Å². The van der Waals surface area contributed by atoms with Crippen LogP contribution in [0.3, 0.4) is 0 Å². The second-order valence-corrected chi connectivity index (χ2v) is 4.92. The summed E-state index contributed by atoms with van der Waals surface area (Å²) < 4.78 is 0. The maximum Gasteiger partial charge on any atom is 1.00 e. The van der Waals surface area contributed by atoms with Crippen molar-refractivity contribution in [2.24, 2.45) is 4.99 Å². The number of benzene rings is 2. The summed E-state index contributed by atoms with van der Waals surface area (Å²) in [7, 11) is 0. The van der Waals surface area contributed by atoms with E-state index >= 15 is 0 Å². The number of nitro benzene ring substituents is 1. The van der Waals surface area contributed by atoms with Crippen LogP contribution < -0.4 is 61.8 Å². The molecule has 25 heavy (non-hydrogen) atoms. The number of nitro groups is 1. The van der Waals surface area contributed by atoms with Crippen molar-refractivity contribution in [2.75, 3.05) is 5.32 Å². The number of aliphatic imine (C=N–C) groups is 1. The smallest absolute Gasteiger partial charge is 0.628 e. The largest absolute Gasteiger partial charge is 1.00 e. The van der Waals surface area contributed by atoms with Gasteiger partial charge in [0.15, 0.2) is 5.70 Å². The van der Waals surface area contributed by atoms with Crippen LogP contribution in [0.1, 0.15) is 11.1 Å². The van der Waals surface area contributed by atoms with Gasteiger partial charge in [-0.3, -0.25) is 14.9 Å². The van der Waals surface area contributed by atoms with E-state index in [-0.39, 0.29) is 74.0 Å². The Hall–Kier alpha value is -2.04. The number of fused-ring (bicyclic) bond motifs is 1. The van der Waals surface area contributed by atoms with Crippen molar-refractivity contribution < 1.29 is 71.3 Å².